The zero-order valence-electron chi connectivity index (χ0n) is 24.9. The van der Waals surface area contributed by atoms with E-state index < -0.39 is 5.54 Å². The summed E-state index contributed by atoms with van der Waals surface area (Å²) in [5.74, 6) is 1.12. The van der Waals surface area contributed by atoms with E-state index in [-0.39, 0.29) is 29.7 Å². The van der Waals surface area contributed by atoms with Crippen molar-refractivity contribution in [2.24, 2.45) is 5.92 Å². The van der Waals surface area contributed by atoms with Gasteiger partial charge in [0.05, 0.1) is 7.11 Å². The molecule has 8 nitrogen and oxygen atoms in total. The second-order valence-corrected chi connectivity index (χ2v) is 11.6. The number of rotatable bonds is 9. The van der Waals surface area contributed by atoms with Crippen LogP contribution in [0.4, 0.5) is 0 Å². The highest BCUT2D eigenvalue weighted by Crippen LogP contribution is 2.35. The van der Waals surface area contributed by atoms with E-state index in [1.807, 2.05) is 48.2 Å². The summed E-state index contributed by atoms with van der Waals surface area (Å²) in [6.07, 6.45) is 1.66. The van der Waals surface area contributed by atoms with Crippen LogP contribution in [-0.4, -0.2) is 54.3 Å². The molecule has 2 fully saturated rings. The molecule has 0 saturated carbocycles. The van der Waals surface area contributed by atoms with E-state index in [0.29, 0.717) is 26.2 Å². The normalized spacial score (nSPS) is 20.0. The smallest absolute Gasteiger partial charge is 0.259 e. The zero-order chi connectivity index (χ0) is 29.9. The standard InChI is InChI=1S/C34H41N5O3/c1-23(26-9-6-5-7-10-26)36-21-28-13-14-30(42-4)20-31(28)27-11-8-12-29(19-27)34(3)32(41)39(33(35)37-34)22-25-15-17-38(18-16-25)24(2)40/h5-14,19-20,23,25,36H,15-18,21-22H2,1-4H3,(H2,35,37). The predicted octanol–water partition coefficient (Wildman–Crippen LogP) is 5.05. The summed E-state index contributed by atoms with van der Waals surface area (Å²) in [6.45, 7) is 8.15. The van der Waals surface area contributed by atoms with Gasteiger partial charge in [-0.2, -0.15) is 0 Å². The van der Waals surface area contributed by atoms with Crippen molar-refractivity contribution in [3.05, 3.63) is 89.5 Å². The molecular formula is C34H41N5O3. The summed E-state index contributed by atoms with van der Waals surface area (Å²) >= 11 is 0. The van der Waals surface area contributed by atoms with Crippen LogP contribution >= 0.6 is 0 Å². The first-order valence-electron chi connectivity index (χ1n) is 14.7. The number of hydrogen-bond donors (Lipinski definition) is 3. The summed E-state index contributed by atoms with van der Waals surface area (Å²) in [5.41, 5.74) is 4.12. The van der Waals surface area contributed by atoms with Gasteiger partial charge in [-0.05, 0) is 78.6 Å². The Hall–Kier alpha value is -4.17. The van der Waals surface area contributed by atoms with E-state index in [1.165, 1.54) is 5.56 Å². The van der Waals surface area contributed by atoms with Crippen molar-refractivity contribution in [2.75, 3.05) is 26.7 Å². The van der Waals surface area contributed by atoms with Gasteiger partial charge in [0.2, 0.25) is 5.91 Å². The Morgan fingerprint density at radius 2 is 1.83 bits per heavy atom. The molecule has 0 aromatic heterocycles. The van der Waals surface area contributed by atoms with E-state index in [2.05, 4.69) is 54.0 Å². The number of piperidine rings is 1. The molecule has 3 aromatic carbocycles. The number of hydrogen-bond acceptors (Lipinski definition) is 5. The lowest BCUT2D eigenvalue weighted by molar-refractivity contribution is -0.133. The summed E-state index contributed by atoms with van der Waals surface area (Å²) in [4.78, 5) is 29.0. The summed E-state index contributed by atoms with van der Waals surface area (Å²) in [5, 5.41) is 15.5. The maximum Gasteiger partial charge on any atom is 0.259 e. The number of nitrogens with one attached hydrogen (secondary N) is 3. The molecule has 2 aliphatic rings. The Balaban J connectivity index is 1.36. The van der Waals surface area contributed by atoms with Crippen LogP contribution in [0.3, 0.4) is 0 Å². The molecule has 2 aliphatic heterocycles. The van der Waals surface area contributed by atoms with Gasteiger partial charge < -0.3 is 20.3 Å². The highest BCUT2D eigenvalue weighted by Gasteiger charge is 2.47. The maximum absolute atomic E-state index is 13.8. The minimum Gasteiger partial charge on any atom is -0.497 e. The van der Waals surface area contributed by atoms with Crippen LogP contribution in [0.25, 0.3) is 11.1 Å². The molecule has 0 aliphatic carbocycles. The van der Waals surface area contributed by atoms with Crippen molar-refractivity contribution in [1.82, 2.24) is 20.4 Å². The van der Waals surface area contributed by atoms with Gasteiger partial charge in [-0.3, -0.25) is 19.9 Å². The second-order valence-electron chi connectivity index (χ2n) is 11.6. The van der Waals surface area contributed by atoms with Crippen LogP contribution in [0.1, 0.15) is 56.3 Å². The second kappa shape index (κ2) is 12.4. The van der Waals surface area contributed by atoms with Crippen molar-refractivity contribution in [1.29, 1.82) is 5.41 Å². The first kappa shape index (κ1) is 29.3. The number of likely N-dealkylation sites (tertiary alicyclic amines) is 1. The monoisotopic (exact) mass is 567 g/mol. The average molecular weight is 568 g/mol. The number of nitrogens with zero attached hydrogens (tertiary/aromatic N) is 2. The van der Waals surface area contributed by atoms with Crippen molar-refractivity contribution in [3.63, 3.8) is 0 Å². The molecule has 0 bridgehead atoms. The molecule has 2 heterocycles. The molecule has 3 aromatic rings. The fourth-order valence-electron chi connectivity index (χ4n) is 6.01. The Kier molecular flexibility index (Phi) is 8.64. The lowest BCUT2D eigenvalue weighted by Crippen LogP contribution is -2.43. The third kappa shape index (κ3) is 6.04. The number of carbonyl (C=O) groups excluding carboxylic acids is 2. The number of amides is 2. The minimum atomic E-state index is -1.05. The first-order valence-corrected chi connectivity index (χ1v) is 14.7. The fraction of sp³-hybridized carbons (Fsp3) is 0.382. The molecule has 8 heteroatoms. The van der Waals surface area contributed by atoms with Crippen LogP contribution in [0.15, 0.2) is 72.8 Å². The number of carbonyl (C=O) groups is 2. The summed E-state index contributed by atoms with van der Waals surface area (Å²) < 4.78 is 5.57. The van der Waals surface area contributed by atoms with E-state index in [4.69, 9.17) is 10.1 Å². The number of benzene rings is 3. The molecule has 0 radical (unpaired) electrons. The fourth-order valence-corrected chi connectivity index (χ4v) is 6.01. The Morgan fingerprint density at radius 1 is 1.10 bits per heavy atom. The molecule has 5 rings (SSSR count). The van der Waals surface area contributed by atoms with Gasteiger partial charge in [0.25, 0.3) is 5.91 Å². The lowest BCUT2D eigenvalue weighted by atomic mass is 9.88. The van der Waals surface area contributed by atoms with Crippen LogP contribution < -0.4 is 15.4 Å². The molecule has 3 N–H and O–H groups in total. The van der Waals surface area contributed by atoms with Crippen LogP contribution in [0.2, 0.25) is 0 Å². The third-order valence-corrected chi connectivity index (χ3v) is 8.78. The average Bonchev–Trinajstić information content (AvgIpc) is 3.24. The third-order valence-electron chi connectivity index (χ3n) is 8.78. The van der Waals surface area contributed by atoms with Crippen LogP contribution in [0.5, 0.6) is 5.75 Å². The van der Waals surface area contributed by atoms with Gasteiger partial charge in [-0.25, -0.2) is 0 Å². The van der Waals surface area contributed by atoms with Gasteiger partial charge in [0.1, 0.15) is 11.3 Å². The maximum atomic E-state index is 13.8. The first-order chi connectivity index (χ1) is 20.2. The van der Waals surface area contributed by atoms with E-state index in [1.54, 1.807) is 18.9 Å². The zero-order valence-corrected chi connectivity index (χ0v) is 24.9. The van der Waals surface area contributed by atoms with E-state index in [0.717, 1.165) is 40.8 Å². The SMILES string of the molecule is COc1ccc(CNC(C)c2ccccc2)c(-c2cccc(C3(C)NC(=N)N(CC4CCN(C(C)=O)CC4)C3=O)c2)c1. The largest absolute Gasteiger partial charge is 0.497 e. The molecular weight excluding hydrogens is 526 g/mol. The van der Waals surface area contributed by atoms with Crippen molar-refractivity contribution in [3.8, 4) is 16.9 Å². The Bertz CT molecular complexity index is 1450. The van der Waals surface area contributed by atoms with E-state index >= 15 is 0 Å². The summed E-state index contributed by atoms with van der Waals surface area (Å²) in [7, 11) is 1.66. The molecule has 220 valence electrons. The molecule has 0 spiro atoms. The predicted molar refractivity (Wildman–Crippen MR) is 165 cm³/mol. The number of guanidine groups is 1. The van der Waals surface area contributed by atoms with Gasteiger partial charge in [-0.1, -0.05) is 54.6 Å². The molecule has 2 atom stereocenters. The number of ether oxygens (including phenoxy) is 1. The minimum absolute atomic E-state index is 0.0910. The highest BCUT2D eigenvalue weighted by molar-refractivity contribution is 6.08. The van der Waals surface area contributed by atoms with Gasteiger partial charge in [0, 0.05) is 39.1 Å². The van der Waals surface area contributed by atoms with Gasteiger partial charge in [0.15, 0.2) is 5.96 Å². The Morgan fingerprint density at radius 3 is 2.52 bits per heavy atom. The molecule has 2 unspecified atom stereocenters. The lowest BCUT2D eigenvalue weighted by Gasteiger charge is -2.33. The molecule has 2 saturated heterocycles. The van der Waals surface area contributed by atoms with Crippen LogP contribution in [0, 0.1) is 11.3 Å². The van der Waals surface area contributed by atoms with E-state index in [9.17, 15) is 9.59 Å². The number of methoxy groups -OCH3 is 1. The topological polar surface area (TPSA) is 97.8 Å². The van der Waals surface area contributed by atoms with Gasteiger partial charge in [-0.15, -0.1) is 0 Å². The van der Waals surface area contributed by atoms with Gasteiger partial charge >= 0.3 is 0 Å². The van der Waals surface area contributed by atoms with Crippen LogP contribution in [-0.2, 0) is 21.7 Å². The Labute approximate surface area is 248 Å². The molecule has 42 heavy (non-hydrogen) atoms. The van der Waals surface area contributed by atoms with Crippen molar-refractivity contribution in [2.45, 2.75) is 51.7 Å². The highest BCUT2D eigenvalue weighted by atomic mass is 16.5. The molecule has 2 amide bonds. The quantitative estimate of drug-likeness (QED) is 0.336. The van der Waals surface area contributed by atoms with Crippen molar-refractivity contribution < 1.29 is 14.3 Å². The van der Waals surface area contributed by atoms with Crippen molar-refractivity contribution >= 4 is 17.8 Å². The summed E-state index contributed by atoms with van der Waals surface area (Å²) in [6, 6.07) is 24.7.